The lowest BCUT2D eigenvalue weighted by Crippen LogP contribution is -2.29. The van der Waals surface area contributed by atoms with Crippen molar-refractivity contribution in [2.24, 2.45) is 0 Å². The molecule has 1 aromatic rings. The number of esters is 1. The van der Waals surface area contributed by atoms with Crippen molar-refractivity contribution < 1.29 is 33.3 Å². The summed E-state index contributed by atoms with van der Waals surface area (Å²) in [5, 5.41) is -0.135. The number of thioether (sulfide) groups is 1. The number of nitrogens with zero attached hydrogens (tertiary/aromatic N) is 1. The van der Waals surface area contributed by atoms with Crippen molar-refractivity contribution in [3.63, 3.8) is 0 Å². The van der Waals surface area contributed by atoms with Crippen LogP contribution in [-0.2, 0) is 19.1 Å². The Morgan fingerprint density at radius 1 is 1.28 bits per heavy atom. The number of imide groups is 1. The van der Waals surface area contributed by atoms with Crippen molar-refractivity contribution >= 4 is 46.6 Å². The van der Waals surface area contributed by atoms with E-state index >= 15 is 0 Å². The monoisotopic (exact) mass is 443 g/mol. The Balaban J connectivity index is 2.18. The van der Waals surface area contributed by atoms with Gasteiger partial charge in [0.1, 0.15) is 0 Å². The summed E-state index contributed by atoms with van der Waals surface area (Å²) in [7, 11) is 2.99. The maximum atomic E-state index is 12.5. The quantitative estimate of drug-likeness (QED) is 0.309. The molecule has 0 unspecified atom stereocenters. The third-order valence-corrected chi connectivity index (χ3v) is 4.98. The van der Waals surface area contributed by atoms with E-state index in [9.17, 15) is 14.4 Å². The van der Waals surface area contributed by atoms with Gasteiger partial charge in [0.15, 0.2) is 18.1 Å². The molecular weight excluding hydrogens is 422 g/mol. The Kier molecular flexibility index (Phi) is 8.81. The molecule has 1 fully saturated rings. The van der Waals surface area contributed by atoms with Crippen molar-refractivity contribution in [1.29, 1.82) is 0 Å². The minimum absolute atomic E-state index is 0.187. The van der Waals surface area contributed by atoms with Gasteiger partial charge in [0.25, 0.3) is 11.1 Å². The van der Waals surface area contributed by atoms with Gasteiger partial charge < -0.3 is 18.9 Å². The van der Waals surface area contributed by atoms with Crippen LogP contribution in [0.5, 0.6) is 11.5 Å². The maximum Gasteiger partial charge on any atom is 0.344 e. The van der Waals surface area contributed by atoms with E-state index in [4.69, 9.17) is 30.5 Å². The molecule has 1 aliphatic heterocycles. The van der Waals surface area contributed by atoms with Crippen LogP contribution in [0.3, 0.4) is 0 Å². The highest BCUT2D eigenvalue weighted by atomic mass is 35.5. The molecule has 0 aliphatic carbocycles. The SMILES string of the molecule is CCOC(=O)COc1c(Cl)cc(/C=C2/SC(=O)N(CCCOC)C2=O)cc1OC. The van der Waals surface area contributed by atoms with Crippen LogP contribution < -0.4 is 9.47 Å². The Morgan fingerprint density at radius 3 is 2.69 bits per heavy atom. The van der Waals surface area contributed by atoms with E-state index < -0.39 is 5.97 Å². The van der Waals surface area contributed by atoms with Gasteiger partial charge in [0, 0.05) is 20.3 Å². The smallest absolute Gasteiger partial charge is 0.344 e. The predicted octanol–water partition coefficient (Wildman–Crippen LogP) is 3.36. The normalized spacial score (nSPS) is 15.2. The zero-order valence-corrected chi connectivity index (χ0v) is 17.9. The van der Waals surface area contributed by atoms with Crippen LogP contribution in [-0.4, -0.2) is 62.6 Å². The van der Waals surface area contributed by atoms with Crippen LogP contribution in [0.2, 0.25) is 5.02 Å². The molecule has 0 N–H and O–H groups in total. The van der Waals surface area contributed by atoms with Gasteiger partial charge in [-0.25, -0.2) is 4.79 Å². The van der Waals surface area contributed by atoms with Crippen LogP contribution in [0.1, 0.15) is 18.9 Å². The molecule has 158 valence electrons. The molecule has 0 saturated carbocycles. The van der Waals surface area contributed by atoms with Gasteiger partial charge in [0.2, 0.25) is 0 Å². The fourth-order valence-corrected chi connectivity index (χ4v) is 3.65. The number of carbonyl (C=O) groups excluding carboxylic acids is 3. The van der Waals surface area contributed by atoms with Crippen LogP contribution in [0.25, 0.3) is 6.08 Å². The topological polar surface area (TPSA) is 91.4 Å². The number of carbonyl (C=O) groups is 3. The first-order chi connectivity index (χ1) is 13.9. The first-order valence-corrected chi connectivity index (χ1v) is 10.0. The van der Waals surface area contributed by atoms with E-state index in [-0.39, 0.29) is 45.8 Å². The molecule has 0 spiro atoms. The van der Waals surface area contributed by atoms with Gasteiger partial charge in [-0.05, 0) is 48.9 Å². The highest BCUT2D eigenvalue weighted by molar-refractivity contribution is 8.18. The zero-order valence-electron chi connectivity index (χ0n) is 16.4. The van der Waals surface area contributed by atoms with Crippen LogP contribution in [0.15, 0.2) is 17.0 Å². The number of hydrogen-bond acceptors (Lipinski definition) is 8. The molecule has 1 aromatic carbocycles. The molecule has 0 atom stereocenters. The lowest BCUT2D eigenvalue weighted by molar-refractivity contribution is -0.145. The summed E-state index contributed by atoms with van der Waals surface area (Å²) in [6.07, 6.45) is 2.12. The molecule has 8 nitrogen and oxygen atoms in total. The average molecular weight is 444 g/mol. The van der Waals surface area contributed by atoms with E-state index in [0.29, 0.717) is 25.1 Å². The highest BCUT2D eigenvalue weighted by Gasteiger charge is 2.34. The van der Waals surface area contributed by atoms with Gasteiger partial charge in [0.05, 0.1) is 23.6 Å². The summed E-state index contributed by atoms with van der Waals surface area (Å²) in [5.74, 6) is -0.426. The first-order valence-electron chi connectivity index (χ1n) is 8.81. The van der Waals surface area contributed by atoms with Crippen molar-refractivity contribution in [1.82, 2.24) is 4.90 Å². The fraction of sp³-hybridized carbons (Fsp3) is 0.421. The van der Waals surface area contributed by atoms with E-state index in [1.54, 1.807) is 32.2 Å². The maximum absolute atomic E-state index is 12.5. The summed E-state index contributed by atoms with van der Waals surface area (Å²) in [6, 6.07) is 3.16. The molecule has 0 bridgehead atoms. The highest BCUT2D eigenvalue weighted by Crippen LogP contribution is 2.39. The Labute approximate surface area is 178 Å². The van der Waals surface area contributed by atoms with E-state index in [2.05, 4.69) is 0 Å². The number of benzene rings is 1. The number of amides is 2. The standard InChI is InChI=1S/C19H22ClNO7S/c1-4-27-16(22)11-28-17-13(20)8-12(9-14(17)26-3)10-15-18(23)21(19(24)29-15)6-5-7-25-2/h8-10H,4-7,11H2,1-3H3/b15-10+. The molecule has 1 heterocycles. The zero-order chi connectivity index (χ0) is 21.4. The van der Waals surface area contributed by atoms with Crippen LogP contribution >= 0.6 is 23.4 Å². The van der Waals surface area contributed by atoms with Crippen molar-refractivity contribution in [3.05, 3.63) is 27.6 Å². The second-order valence-corrected chi connectivity index (χ2v) is 7.21. The summed E-state index contributed by atoms with van der Waals surface area (Å²) in [4.78, 5) is 37.6. The molecular formula is C19H22ClNO7S. The Bertz CT molecular complexity index is 812. The van der Waals surface area contributed by atoms with Gasteiger partial charge in [-0.3, -0.25) is 14.5 Å². The second kappa shape index (κ2) is 11.1. The number of hydrogen-bond donors (Lipinski definition) is 0. The van der Waals surface area contributed by atoms with Crippen molar-refractivity contribution in [2.45, 2.75) is 13.3 Å². The van der Waals surface area contributed by atoms with E-state index in [1.807, 2.05) is 0 Å². The van der Waals surface area contributed by atoms with E-state index in [0.717, 1.165) is 11.8 Å². The lowest BCUT2D eigenvalue weighted by atomic mass is 10.1. The molecule has 0 radical (unpaired) electrons. The third kappa shape index (κ3) is 6.12. The number of ether oxygens (including phenoxy) is 4. The average Bonchev–Trinajstić information content (AvgIpc) is 2.94. The largest absolute Gasteiger partial charge is 0.493 e. The Hall–Kier alpha value is -2.23. The molecule has 10 heteroatoms. The minimum atomic E-state index is -0.531. The molecule has 0 aromatic heterocycles. The van der Waals surface area contributed by atoms with Crippen LogP contribution in [0.4, 0.5) is 4.79 Å². The minimum Gasteiger partial charge on any atom is -0.493 e. The van der Waals surface area contributed by atoms with Gasteiger partial charge in [-0.1, -0.05) is 11.6 Å². The van der Waals surface area contributed by atoms with Crippen LogP contribution in [0, 0.1) is 0 Å². The Morgan fingerprint density at radius 2 is 2.03 bits per heavy atom. The number of halogens is 1. The third-order valence-electron chi connectivity index (χ3n) is 3.79. The second-order valence-electron chi connectivity index (χ2n) is 5.81. The summed E-state index contributed by atoms with van der Waals surface area (Å²) < 4.78 is 20.5. The number of rotatable bonds is 10. The summed E-state index contributed by atoms with van der Waals surface area (Å²) in [5.41, 5.74) is 0.553. The van der Waals surface area contributed by atoms with Crippen molar-refractivity contribution in [3.8, 4) is 11.5 Å². The van der Waals surface area contributed by atoms with E-state index in [1.165, 1.54) is 12.0 Å². The summed E-state index contributed by atoms with van der Waals surface area (Å²) >= 11 is 7.13. The molecule has 2 amide bonds. The fourth-order valence-electron chi connectivity index (χ4n) is 2.51. The number of methoxy groups -OCH3 is 2. The van der Waals surface area contributed by atoms with Gasteiger partial charge in [-0.15, -0.1) is 0 Å². The molecule has 1 saturated heterocycles. The molecule has 29 heavy (non-hydrogen) atoms. The molecule has 2 rings (SSSR count). The summed E-state index contributed by atoms with van der Waals surface area (Å²) in [6.45, 7) is 2.37. The molecule has 1 aliphatic rings. The van der Waals surface area contributed by atoms with Gasteiger partial charge >= 0.3 is 5.97 Å². The van der Waals surface area contributed by atoms with Crippen molar-refractivity contribution in [2.75, 3.05) is 40.6 Å². The first kappa shape index (κ1) is 23.1. The van der Waals surface area contributed by atoms with Gasteiger partial charge in [-0.2, -0.15) is 0 Å². The predicted molar refractivity (Wildman–Crippen MR) is 109 cm³/mol. The lowest BCUT2D eigenvalue weighted by Gasteiger charge is -2.13.